The highest BCUT2D eigenvalue weighted by atomic mass is 32.2. The van der Waals surface area contributed by atoms with E-state index in [1.807, 2.05) is 16.7 Å². The largest absolute Gasteiger partial charge is 0.478 e. The highest BCUT2D eigenvalue weighted by Crippen LogP contribution is 2.42. The average molecular weight is 334 g/mol. The molecule has 3 rings (SSSR count). The first-order chi connectivity index (χ1) is 11.1. The van der Waals surface area contributed by atoms with Crippen molar-refractivity contribution in [1.82, 2.24) is 10.2 Å². The van der Waals surface area contributed by atoms with Gasteiger partial charge in [-0.2, -0.15) is 11.8 Å². The van der Waals surface area contributed by atoms with E-state index in [-0.39, 0.29) is 11.6 Å². The predicted molar refractivity (Wildman–Crippen MR) is 90.8 cm³/mol. The van der Waals surface area contributed by atoms with Crippen molar-refractivity contribution in [3.8, 4) is 0 Å². The van der Waals surface area contributed by atoms with Crippen LogP contribution in [0.5, 0.6) is 0 Å². The molecule has 2 fully saturated rings. The quantitative estimate of drug-likeness (QED) is 0.892. The van der Waals surface area contributed by atoms with E-state index in [1.54, 1.807) is 24.3 Å². The third kappa shape index (κ3) is 3.80. The predicted octanol–water partition coefficient (Wildman–Crippen LogP) is 2.81. The van der Waals surface area contributed by atoms with Crippen LogP contribution in [0, 0.1) is 5.41 Å². The van der Waals surface area contributed by atoms with Gasteiger partial charge in [0.15, 0.2) is 0 Å². The maximum Gasteiger partial charge on any atom is 0.335 e. The van der Waals surface area contributed by atoms with Gasteiger partial charge in [-0.15, -0.1) is 0 Å². The van der Waals surface area contributed by atoms with Gasteiger partial charge in [0.05, 0.1) is 5.56 Å². The Balaban J connectivity index is 1.53. The molecule has 124 valence electrons. The van der Waals surface area contributed by atoms with Gasteiger partial charge in [-0.1, -0.05) is 12.1 Å². The second-order valence-corrected chi connectivity index (χ2v) is 7.59. The van der Waals surface area contributed by atoms with Crippen LogP contribution in [0.15, 0.2) is 24.3 Å². The molecule has 0 aromatic heterocycles. The van der Waals surface area contributed by atoms with Gasteiger partial charge >= 0.3 is 12.0 Å². The Hall–Kier alpha value is -1.69. The van der Waals surface area contributed by atoms with Crippen LogP contribution >= 0.6 is 11.8 Å². The summed E-state index contributed by atoms with van der Waals surface area (Å²) in [6.07, 6.45) is 3.54. The van der Waals surface area contributed by atoms with E-state index < -0.39 is 5.97 Å². The molecule has 0 aliphatic carbocycles. The molecule has 1 aromatic rings. The van der Waals surface area contributed by atoms with Crippen molar-refractivity contribution in [2.75, 3.05) is 24.6 Å². The molecule has 0 saturated carbocycles. The van der Waals surface area contributed by atoms with E-state index in [4.69, 9.17) is 5.11 Å². The number of nitrogens with one attached hydrogen (secondary N) is 1. The van der Waals surface area contributed by atoms with Crippen LogP contribution in [-0.4, -0.2) is 46.6 Å². The van der Waals surface area contributed by atoms with Crippen LogP contribution in [-0.2, 0) is 6.54 Å². The third-order valence-corrected chi connectivity index (χ3v) is 6.09. The number of urea groups is 1. The Kier molecular flexibility index (Phi) is 4.80. The third-order valence-electron chi connectivity index (χ3n) is 4.78. The second kappa shape index (κ2) is 6.83. The minimum absolute atomic E-state index is 0.0108. The summed E-state index contributed by atoms with van der Waals surface area (Å²) in [7, 11) is 0. The number of carbonyl (C=O) groups is 2. The van der Waals surface area contributed by atoms with Crippen molar-refractivity contribution in [1.29, 1.82) is 0 Å². The number of carbonyl (C=O) groups excluding carboxylic acids is 1. The lowest BCUT2D eigenvalue weighted by molar-refractivity contribution is 0.0697. The molecule has 6 heteroatoms. The highest BCUT2D eigenvalue weighted by Gasteiger charge is 2.39. The number of hydrogen-bond donors (Lipinski definition) is 2. The fraction of sp³-hybridized carbons (Fsp3) is 0.529. The van der Waals surface area contributed by atoms with Crippen LogP contribution in [0.2, 0.25) is 0 Å². The number of carboxylic acid groups (broad SMARTS) is 1. The standard InChI is InChI=1S/C17H22N2O3S/c20-15(21)14-4-2-13(3-5-14)10-18-16(22)19-8-1-6-17(11-19)7-9-23-12-17/h2-5H,1,6-12H2,(H,18,22)(H,20,21). The zero-order valence-corrected chi connectivity index (χ0v) is 13.9. The number of nitrogens with zero attached hydrogens (tertiary/aromatic N) is 1. The van der Waals surface area contributed by atoms with Crippen molar-refractivity contribution in [3.05, 3.63) is 35.4 Å². The molecule has 2 saturated heterocycles. The Morgan fingerprint density at radius 2 is 2.04 bits per heavy atom. The SMILES string of the molecule is O=C(O)c1ccc(CNC(=O)N2CCCC3(CCSC3)C2)cc1. The van der Waals surface area contributed by atoms with E-state index in [0.29, 0.717) is 12.0 Å². The van der Waals surface area contributed by atoms with Gasteiger partial charge in [0.2, 0.25) is 0 Å². The molecule has 0 radical (unpaired) electrons. The van der Waals surface area contributed by atoms with Crippen LogP contribution in [0.25, 0.3) is 0 Å². The topological polar surface area (TPSA) is 69.6 Å². The number of carboxylic acids is 1. The molecule has 5 nitrogen and oxygen atoms in total. The summed E-state index contributed by atoms with van der Waals surface area (Å²) in [4.78, 5) is 25.2. The maximum absolute atomic E-state index is 12.4. The van der Waals surface area contributed by atoms with E-state index in [2.05, 4.69) is 5.32 Å². The molecule has 1 atom stereocenters. The van der Waals surface area contributed by atoms with E-state index in [0.717, 1.165) is 25.1 Å². The van der Waals surface area contributed by atoms with E-state index in [9.17, 15) is 9.59 Å². The monoisotopic (exact) mass is 334 g/mol. The van der Waals surface area contributed by atoms with Crippen molar-refractivity contribution in [2.45, 2.75) is 25.8 Å². The molecule has 2 heterocycles. The number of piperidine rings is 1. The molecule has 0 bridgehead atoms. The molecule has 1 aromatic carbocycles. The lowest BCUT2D eigenvalue weighted by Crippen LogP contribution is -2.49. The molecular weight excluding hydrogens is 312 g/mol. The average Bonchev–Trinajstić information content (AvgIpc) is 3.00. The van der Waals surface area contributed by atoms with Crippen LogP contribution < -0.4 is 5.32 Å². The minimum Gasteiger partial charge on any atom is -0.478 e. The maximum atomic E-state index is 12.4. The summed E-state index contributed by atoms with van der Waals surface area (Å²) in [5.41, 5.74) is 1.51. The first kappa shape index (κ1) is 16.2. The van der Waals surface area contributed by atoms with Gasteiger partial charge in [0.1, 0.15) is 0 Å². The first-order valence-electron chi connectivity index (χ1n) is 8.01. The Morgan fingerprint density at radius 3 is 2.70 bits per heavy atom. The zero-order valence-electron chi connectivity index (χ0n) is 13.1. The van der Waals surface area contributed by atoms with Gasteiger partial charge in [0, 0.05) is 25.4 Å². The molecular formula is C17H22N2O3S. The summed E-state index contributed by atoms with van der Waals surface area (Å²) in [5.74, 6) is 1.45. The van der Waals surface area contributed by atoms with Crippen molar-refractivity contribution < 1.29 is 14.7 Å². The molecule has 23 heavy (non-hydrogen) atoms. The fourth-order valence-electron chi connectivity index (χ4n) is 3.41. The normalized spacial score (nSPS) is 23.9. The Morgan fingerprint density at radius 1 is 1.26 bits per heavy atom. The smallest absolute Gasteiger partial charge is 0.335 e. The van der Waals surface area contributed by atoms with Gasteiger partial charge < -0.3 is 15.3 Å². The molecule has 2 aliphatic heterocycles. The lowest BCUT2D eigenvalue weighted by atomic mass is 9.80. The van der Waals surface area contributed by atoms with Crippen molar-refractivity contribution >= 4 is 23.8 Å². The van der Waals surface area contributed by atoms with E-state index >= 15 is 0 Å². The van der Waals surface area contributed by atoms with Gasteiger partial charge in [-0.05, 0) is 48.1 Å². The number of hydrogen-bond acceptors (Lipinski definition) is 3. The molecule has 1 spiro atoms. The number of rotatable bonds is 3. The van der Waals surface area contributed by atoms with Crippen LogP contribution in [0.1, 0.15) is 35.2 Å². The number of amides is 2. The summed E-state index contributed by atoms with van der Waals surface area (Å²) in [6, 6.07) is 6.61. The fourth-order valence-corrected chi connectivity index (χ4v) is 4.94. The molecule has 2 aliphatic rings. The lowest BCUT2D eigenvalue weighted by Gasteiger charge is -2.40. The summed E-state index contributed by atoms with van der Waals surface area (Å²) >= 11 is 2.00. The van der Waals surface area contributed by atoms with Crippen molar-refractivity contribution in [3.63, 3.8) is 0 Å². The Labute approximate surface area is 140 Å². The van der Waals surface area contributed by atoms with Crippen LogP contribution in [0.3, 0.4) is 0 Å². The number of benzene rings is 1. The molecule has 2 amide bonds. The van der Waals surface area contributed by atoms with Gasteiger partial charge in [0.25, 0.3) is 0 Å². The summed E-state index contributed by atoms with van der Waals surface area (Å²) in [6.45, 7) is 2.12. The Bertz CT molecular complexity index is 582. The van der Waals surface area contributed by atoms with Gasteiger partial charge in [-0.3, -0.25) is 0 Å². The summed E-state index contributed by atoms with van der Waals surface area (Å²) in [5, 5.41) is 11.8. The minimum atomic E-state index is -0.936. The van der Waals surface area contributed by atoms with Gasteiger partial charge in [-0.25, -0.2) is 9.59 Å². The number of likely N-dealkylation sites (tertiary alicyclic amines) is 1. The number of thioether (sulfide) groups is 1. The summed E-state index contributed by atoms with van der Waals surface area (Å²) < 4.78 is 0. The highest BCUT2D eigenvalue weighted by molar-refractivity contribution is 7.99. The zero-order chi connectivity index (χ0) is 16.3. The second-order valence-electron chi connectivity index (χ2n) is 6.49. The van der Waals surface area contributed by atoms with E-state index in [1.165, 1.54) is 24.3 Å². The van der Waals surface area contributed by atoms with Crippen molar-refractivity contribution in [2.24, 2.45) is 5.41 Å². The first-order valence-corrected chi connectivity index (χ1v) is 9.16. The molecule has 1 unspecified atom stereocenters. The molecule has 2 N–H and O–H groups in total. The number of aromatic carboxylic acids is 1. The van der Waals surface area contributed by atoms with Crippen LogP contribution in [0.4, 0.5) is 4.79 Å².